The standard InChI is InChI=1S/C24H38O6.C24H34O4/c1-4-5-6-7-8-9-10-11-12-13-16-29-19-30-24-21(27-2)17-20(14-15-23(25)26)18-22(24)28-3;1-3-5-6-7-8-9-10-11-12-13-18-27-20-28-23-16-14-21(15-17-23)19-22(4-2)24(25)26/h14-15,17-18H,4-13,16,19H2,1-3H3,(H,25,26);2,14-17,19H,3,5-13,18,20H2,1H3,(H,25,26)/b15-14+;22-19+. The van der Waals surface area contributed by atoms with Gasteiger partial charge in [0.05, 0.1) is 27.4 Å². The van der Waals surface area contributed by atoms with Gasteiger partial charge in [-0.05, 0) is 60.4 Å². The topological polar surface area (TPSA) is 130 Å². The van der Waals surface area contributed by atoms with E-state index in [-0.39, 0.29) is 19.2 Å². The van der Waals surface area contributed by atoms with Gasteiger partial charge in [-0.3, -0.25) is 0 Å². The molecule has 10 nitrogen and oxygen atoms in total. The van der Waals surface area contributed by atoms with E-state index in [0.29, 0.717) is 47.3 Å². The normalized spacial score (nSPS) is 11.1. The average molecular weight is 809 g/mol. The third-order valence-corrected chi connectivity index (χ3v) is 9.36. The Morgan fingerprint density at radius 3 is 1.45 bits per heavy atom. The van der Waals surface area contributed by atoms with Crippen molar-refractivity contribution in [2.45, 2.75) is 142 Å². The molecule has 0 amide bonds. The summed E-state index contributed by atoms with van der Waals surface area (Å²) in [6, 6.07) is 10.5. The number of carboxylic acid groups (broad SMARTS) is 2. The van der Waals surface area contributed by atoms with E-state index in [0.717, 1.165) is 18.9 Å². The number of carbonyl (C=O) groups is 2. The number of unbranched alkanes of at least 4 members (excludes halogenated alkanes) is 18. The summed E-state index contributed by atoms with van der Waals surface area (Å²) < 4.78 is 33.1. The Balaban J connectivity index is 0.000000581. The Morgan fingerprint density at radius 2 is 1.05 bits per heavy atom. The Hall–Kier alpha value is -4.46. The van der Waals surface area contributed by atoms with Crippen LogP contribution < -0.4 is 18.9 Å². The Kier molecular flexibility index (Phi) is 31.7. The van der Waals surface area contributed by atoms with Crippen LogP contribution in [0.5, 0.6) is 23.0 Å². The van der Waals surface area contributed by atoms with Crippen molar-refractivity contribution < 1.29 is 48.2 Å². The van der Waals surface area contributed by atoms with Gasteiger partial charge in [-0.25, -0.2) is 9.59 Å². The van der Waals surface area contributed by atoms with E-state index in [2.05, 4.69) is 19.8 Å². The zero-order chi connectivity index (χ0) is 42.5. The zero-order valence-corrected chi connectivity index (χ0v) is 35.9. The van der Waals surface area contributed by atoms with Gasteiger partial charge < -0.3 is 38.6 Å². The van der Waals surface area contributed by atoms with Crippen molar-refractivity contribution in [1.29, 1.82) is 0 Å². The maximum Gasteiger partial charge on any atom is 0.344 e. The van der Waals surface area contributed by atoms with Crippen LogP contribution in [0.3, 0.4) is 0 Å². The molecule has 0 saturated heterocycles. The highest BCUT2D eigenvalue weighted by molar-refractivity contribution is 5.97. The molecule has 0 atom stereocenters. The molecule has 0 unspecified atom stereocenters. The minimum atomic E-state index is -1.11. The third kappa shape index (κ3) is 26.5. The lowest BCUT2D eigenvalue weighted by Gasteiger charge is -2.15. The molecule has 324 valence electrons. The minimum Gasteiger partial charge on any atom is -0.493 e. The highest BCUT2D eigenvalue weighted by atomic mass is 16.7. The van der Waals surface area contributed by atoms with Gasteiger partial charge in [-0.2, -0.15) is 0 Å². The Labute approximate surface area is 349 Å². The van der Waals surface area contributed by atoms with Crippen LogP contribution in [0.4, 0.5) is 0 Å². The van der Waals surface area contributed by atoms with E-state index in [1.165, 1.54) is 142 Å². The highest BCUT2D eigenvalue weighted by Gasteiger charge is 2.14. The number of benzene rings is 2. The maximum absolute atomic E-state index is 10.9. The zero-order valence-electron chi connectivity index (χ0n) is 35.9. The van der Waals surface area contributed by atoms with Crippen molar-refractivity contribution in [2.24, 2.45) is 0 Å². The summed E-state index contributed by atoms with van der Waals surface area (Å²) >= 11 is 0. The predicted octanol–water partition coefficient (Wildman–Crippen LogP) is 12.1. The van der Waals surface area contributed by atoms with E-state index in [9.17, 15) is 9.59 Å². The second-order valence-electron chi connectivity index (χ2n) is 14.2. The highest BCUT2D eigenvalue weighted by Crippen LogP contribution is 2.39. The van der Waals surface area contributed by atoms with Gasteiger partial charge >= 0.3 is 11.9 Å². The number of rotatable bonds is 34. The van der Waals surface area contributed by atoms with Crippen LogP contribution >= 0.6 is 0 Å². The first-order valence-corrected chi connectivity index (χ1v) is 21.4. The van der Waals surface area contributed by atoms with Crippen molar-refractivity contribution >= 4 is 24.1 Å². The summed E-state index contributed by atoms with van der Waals surface area (Å²) in [5, 5.41) is 17.7. The fraction of sp³-hybridized carbons (Fsp3) is 0.583. The molecule has 0 saturated carbocycles. The van der Waals surface area contributed by atoms with E-state index in [1.807, 2.05) is 0 Å². The van der Waals surface area contributed by atoms with Crippen molar-refractivity contribution in [3.05, 3.63) is 59.2 Å². The summed E-state index contributed by atoms with van der Waals surface area (Å²) in [4.78, 5) is 21.6. The SMILES string of the molecule is C#C/C(=C\c1ccc(OCOCCCCCCCCCCCC)cc1)C(=O)O.CCCCCCCCCCCCOCOc1c(OC)cc(/C=C/C(=O)O)cc1OC. The molecule has 2 aromatic rings. The lowest BCUT2D eigenvalue weighted by atomic mass is 10.1. The molecule has 10 heteroatoms. The van der Waals surface area contributed by atoms with Crippen molar-refractivity contribution in [3.63, 3.8) is 0 Å². The first kappa shape index (κ1) is 51.6. The van der Waals surface area contributed by atoms with Gasteiger partial charge in [0, 0.05) is 6.08 Å². The lowest BCUT2D eigenvalue weighted by molar-refractivity contribution is -0.132. The van der Waals surface area contributed by atoms with E-state index in [4.69, 9.17) is 45.1 Å². The molecule has 0 spiro atoms. The molecule has 58 heavy (non-hydrogen) atoms. The minimum absolute atomic E-state index is 0.0755. The molecule has 0 aromatic heterocycles. The molecule has 0 aliphatic heterocycles. The number of hydrogen-bond acceptors (Lipinski definition) is 8. The fourth-order valence-electron chi connectivity index (χ4n) is 6.01. The fourth-order valence-corrected chi connectivity index (χ4v) is 6.01. The molecule has 0 aliphatic rings. The van der Waals surface area contributed by atoms with Crippen molar-refractivity contribution in [2.75, 3.05) is 41.0 Å². The molecule has 0 radical (unpaired) electrons. The molecule has 0 fully saturated rings. The second-order valence-corrected chi connectivity index (χ2v) is 14.2. The third-order valence-electron chi connectivity index (χ3n) is 9.36. The molecule has 0 bridgehead atoms. The molecule has 0 heterocycles. The number of ether oxygens (including phenoxy) is 6. The number of hydrogen-bond donors (Lipinski definition) is 2. The number of methoxy groups -OCH3 is 2. The van der Waals surface area contributed by atoms with E-state index < -0.39 is 11.9 Å². The lowest BCUT2D eigenvalue weighted by Crippen LogP contribution is -2.06. The molecular weight excluding hydrogens is 737 g/mol. The summed E-state index contributed by atoms with van der Waals surface area (Å²) in [7, 11) is 3.05. The predicted molar refractivity (Wildman–Crippen MR) is 234 cm³/mol. The van der Waals surface area contributed by atoms with Crippen LogP contribution in [-0.2, 0) is 19.1 Å². The second kappa shape index (κ2) is 35.7. The van der Waals surface area contributed by atoms with Crippen LogP contribution in [0, 0.1) is 12.3 Å². The van der Waals surface area contributed by atoms with Crippen molar-refractivity contribution in [1.82, 2.24) is 0 Å². The van der Waals surface area contributed by atoms with Gasteiger partial charge in [-0.15, -0.1) is 6.42 Å². The van der Waals surface area contributed by atoms with E-state index >= 15 is 0 Å². The quantitative estimate of drug-likeness (QED) is 0.0305. The van der Waals surface area contributed by atoms with Crippen molar-refractivity contribution in [3.8, 4) is 35.3 Å². The largest absolute Gasteiger partial charge is 0.493 e. The summed E-state index contributed by atoms with van der Waals surface area (Å²) in [5.74, 6) is 2.07. The maximum atomic E-state index is 10.9. The average Bonchev–Trinajstić information content (AvgIpc) is 3.23. The summed E-state index contributed by atoms with van der Waals surface area (Å²) in [6.07, 6.45) is 35.1. The monoisotopic (exact) mass is 809 g/mol. The van der Waals surface area contributed by atoms with Gasteiger partial charge in [0.15, 0.2) is 25.1 Å². The van der Waals surface area contributed by atoms with Gasteiger partial charge in [0.25, 0.3) is 0 Å². The molecular formula is C48H72O10. The van der Waals surface area contributed by atoms with Crippen LogP contribution in [0.2, 0.25) is 0 Å². The molecule has 0 aliphatic carbocycles. The van der Waals surface area contributed by atoms with Crippen LogP contribution in [0.1, 0.15) is 153 Å². The number of aliphatic carboxylic acids is 2. The summed E-state index contributed by atoms with van der Waals surface area (Å²) in [5.41, 5.74) is 1.28. The smallest absolute Gasteiger partial charge is 0.344 e. The molecule has 2 rings (SSSR count). The number of carboxylic acids is 2. The van der Waals surface area contributed by atoms with E-state index in [1.54, 1.807) is 36.4 Å². The van der Waals surface area contributed by atoms with Crippen LogP contribution in [0.15, 0.2) is 48.0 Å². The number of terminal acetylenes is 1. The first-order chi connectivity index (χ1) is 28.3. The molecule has 2 aromatic carbocycles. The first-order valence-electron chi connectivity index (χ1n) is 21.4. The Morgan fingerprint density at radius 1 is 0.621 bits per heavy atom. The van der Waals surface area contributed by atoms with Gasteiger partial charge in [0.2, 0.25) is 5.75 Å². The van der Waals surface area contributed by atoms with Crippen LogP contribution in [-0.4, -0.2) is 63.2 Å². The van der Waals surface area contributed by atoms with Gasteiger partial charge in [-0.1, -0.05) is 147 Å². The molecule has 2 N–H and O–H groups in total. The Bertz CT molecular complexity index is 1430. The van der Waals surface area contributed by atoms with Gasteiger partial charge in [0.1, 0.15) is 11.3 Å². The van der Waals surface area contributed by atoms with Crippen LogP contribution in [0.25, 0.3) is 12.2 Å². The summed E-state index contributed by atoms with van der Waals surface area (Å²) in [6.45, 7) is 6.19.